The van der Waals surface area contributed by atoms with Crippen molar-refractivity contribution in [2.45, 2.75) is 39.1 Å². The molecule has 154 valence electrons. The minimum atomic E-state index is -0.0832. The van der Waals surface area contributed by atoms with Crippen molar-refractivity contribution in [2.75, 3.05) is 20.1 Å². The lowest BCUT2D eigenvalue weighted by molar-refractivity contribution is -0.0586. The van der Waals surface area contributed by atoms with Crippen molar-refractivity contribution in [3.8, 4) is 0 Å². The maximum atomic E-state index is 12.7. The van der Waals surface area contributed by atoms with Gasteiger partial charge in [0.25, 0.3) is 11.8 Å². The van der Waals surface area contributed by atoms with Crippen LogP contribution >= 0.6 is 0 Å². The van der Waals surface area contributed by atoms with Crippen LogP contribution in [0.15, 0.2) is 48.5 Å². The highest BCUT2D eigenvalue weighted by atomic mass is 16.5. The topological polar surface area (TPSA) is 70.7 Å². The fraction of sp³-hybridized carbons (Fsp3) is 0.391. The first-order chi connectivity index (χ1) is 14.0. The van der Waals surface area contributed by atoms with Crippen LogP contribution in [0, 0.1) is 0 Å². The van der Waals surface area contributed by atoms with E-state index in [0.29, 0.717) is 37.3 Å². The van der Waals surface area contributed by atoms with Gasteiger partial charge in [0.1, 0.15) is 0 Å². The second-order valence-electron chi connectivity index (χ2n) is 7.54. The summed E-state index contributed by atoms with van der Waals surface area (Å²) < 4.78 is 5.70. The molecule has 1 aliphatic rings. The lowest BCUT2D eigenvalue weighted by Crippen LogP contribution is -2.48. The molecule has 1 heterocycles. The van der Waals surface area contributed by atoms with Gasteiger partial charge in [-0.05, 0) is 49.2 Å². The number of hydrogen-bond acceptors (Lipinski definition) is 4. The smallest absolute Gasteiger partial charge is 0.254 e. The minimum Gasteiger partial charge on any atom is -0.372 e. The second-order valence-corrected chi connectivity index (χ2v) is 7.54. The average molecular weight is 396 g/mol. The SMILES string of the molecule is CNC(=O)c1ccc(CNCc2ccc(C(=O)N3C[C@H](C)O[C@@H](C)C3)cc2)cc1. The van der Waals surface area contributed by atoms with Gasteiger partial charge in [0.15, 0.2) is 0 Å². The molecule has 2 amide bonds. The van der Waals surface area contributed by atoms with Crippen molar-refractivity contribution in [3.63, 3.8) is 0 Å². The Hall–Kier alpha value is -2.70. The second kappa shape index (κ2) is 9.67. The van der Waals surface area contributed by atoms with Gasteiger partial charge >= 0.3 is 0 Å². The van der Waals surface area contributed by atoms with Crippen LogP contribution < -0.4 is 10.6 Å². The normalized spacial score (nSPS) is 19.1. The highest BCUT2D eigenvalue weighted by Crippen LogP contribution is 2.15. The van der Waals surface area contributed by atoms with Gasteiger partial charge in [-0.15, -0.1) is 0 Å². The number of nitrogens with zero attached hydrogens (tertiary/aromatic N) is 1. The van der Waals surface area contributed by atoms with Gasteiger partial charge in [-0.25, -0.2) is 0 Å². The van der Waals surface area contributed by atoms with E-state index in [1.54, 1.807) is 7.05 Å². The van der Waals surface area contributed by atoms with Gasteiger partial charge in [-0.1, -0.05) is 24.3 Å². The molecular weight excluding hydrogens is 366 g/mol. The third kappa shape index (κ3) is 5.65. The molecule has 2 aromatic rings. The van der Waals surface area contributed by atoms with Gasteiger partial charge in [0.05, 0.1) is 12.2 Å². The van der Waals surface area contributed by atoms with Crippen LogP contribution in [0.3, 0.4) is 0 Å². The van der Waals surface area contributed by atoms with Crippen LogP contribution in [0.1, 0.15) is 45.7 Å². The maximum Gasteiger partial charge on any atom is 0.254 e. The van der Waals surface area contributed by atoms with Crippen molar-refractivity contribution in [3.05, 3.63) is 70.8 Å². The minimum absolute atomic E-state index is 0.0581. The highest BCUT2D eigenvalue weighted by molar-refractivity contribution is 5.94. The molecule has 2 N–H and O–H groups in total. The molecule has 0 unspecified atom stereocenters. The Labute approximate surface area is 172 Å². The first kappa shape index (κ1) is 21.0. The summed E-state index contributed by atoms with van der Waals surface area (Å²) in [7, 11) is 1.62. The number of hydrogen-bond donors (Lipinski definition) is 2. The summed E-state index contributed by atoms with van der Waals surface area (Å²) in [5.74, 6) is -0.0251. The van der Waals surface area contributed by atoms with Crippen LogP contribution in [0.4, 0.5) is 0 Å². The van der Waals surface area contributed by atoms with Gasteiger partial charge in [0, 0.05) is 44.4 Å². The number of carbonyl (C=O) groups excluding carboxylic acids is 2. The molecular formula is C23H29N3O3. The summed E-state index contributed by atoms with van der Waals surface area (Å²) in [5.41, 5.74) is 3.59. The quantitative estimate of drug-likeness (QED) is 0.789. The number of nitrogens with one attached hydrogen (secondary N) is 2. The average Bonchev–Trinajstić information content (AvgIpc) is 2.73. The fourth-order valence-electron chi connectivity index (χ4n) is 3.56. The van der Waals surface area contributed by atoms with E-state index >= 15 is 0 Å². The number of ether oxygens (including phenoxy) is 1. The molecule has 2 aromatic carbocycles. The standard InChI is InChI=1S/C23H29N3O3/c1-16-14-26(15-17(2)29-16)23(28)21-10-6-19(7-11-21)13-25-12-18-4-8-20(9-5-18)22(27)24-3/h4-11,16-17,25H,12-15H2,1-3H3,(H,24,27)/t16-,17-/m0/s1. The number of amides is 2. The molecule has 2 atom stereocenters. The van der Waals surface area contributed by atoms with Crippen LogP contribution in [0.5, 0.6) is 0 Å². The number of benzene rings is 2. The molecule has 6 nitrogen and oxygen atoms in total. The Kier molecular flexibility index (Phi) is 7.01. The Balaban J connectivity index is 1.50. The van der Waals surface area contributed by atoms with E-state index < -0.39 is 0 Å². The van der Waals surface area contributed by atoms with E-state index in [2.05, 4.69) is 10.6 Å². The summed E-state index contributed by atoms with van der Waals surface area (Å²) in [6.07, 6.45) is 0.133. The molecule has 0 spiro atoms. The van der Waals surface area contributed by atoms with E-state index in [9.17, 15) is 9.59 Å². The summed E-state index contributed by atoms with van der Waals surface area (Å²) in [4.78, 5) is 26.2. The van der Waals surface area contributed by atoms with Crippen LogP contribution in [0.25, 0.3) is 0 Å². The number of carbonyl (C=O) groups is 2. The lowest BCUT2D eigenvalue weighted by atomic mass is 10.1. The van der Waals surface area contributed by atoms with E-state index in [1.807, 2.05) is 67.3 Å². The zero-order valence-corrected chi connectivity index (χ0v) is 17.3. The van der Waals surface area contributed by atoms with Gasteiger partial charge in [0.2, 0.25) is 0 Å². The van der Waals surface area contributed by atoms with E-state index in [-0.39, 0.29) is 24.0 Å². The van der Waals surface area contributed by atoms with Crippen molar-refractivity contribution in [1.29, 1.82) is 0 Å². The molecule has 3 rings (SSSR count). The lowest BCUT2D eigenvalue weighted by Gasteiger charge is -2.35. The van der Waals surface area contributed by atoms with Crippen molar-refractivity contribution in [1.82, 2.24) is 15.5 Å². The van der Waals surface area contributed by atoms with Crippen LogP contribution in [0.2, 0.25) is 0 Å². The Morgan fingerprint density at radius 3 is 1.86 bits per heavy atom. The first-order valence-corrected chi connectivity index (χ1v) is 10.0. The van der Waals surface area contributed by atoms with Gasteiger partial charge in [-0.3, -0.25) is 9.59 Å². The molecule has 1 aliphatic heterocycles. The number of rotatable bonds is 6. The van der Waals surface area contributed by atoms with Crippen LogP contribution in [-0.4, -0.2) is 49.1 Å². The van der Waals surface area contributed by atoms with E-state index in [4.69, 9.17) is 4.74 Å². The third-order valence-electron chi connectivity index (χ3n) is 5.01. The van der Waals surface area contributed by atoms with Gasteiger partial charge < -0.3 is 20.3 Å². The molecule has 1 saturated heterocycles. The summed E-state index contributed by atoms with van der Waals surface area (Å²) in [6, 6.07) is 15.3. The molecule has 29 heavy (non-hydrogen) atoms. The predicted molar refractivity (Wildman–Crippen MR) is 113 cm³/mol. The molecule has 0 aromatic heterocycles. The van der Waals surface area contributed by atoms with Gasteiger partial charge in [-0.2, -0.15) is 0 Å². The molecule has 0 bridgehead atoms. The summed E-state index contributed by atoms with van der Waals surface area (Å²) in [5, 5.41) is 6.01. The molecule has 6 heteroatoms. The maximum absolute atomic E-state index is 12.7. The number of morpholine rings is 1. The Morgan fingerprint density at radius 1 is 0.897 bits per heavy atom. The first-order valence-electron chi connectivity index (χ1n) is 10.0. The summed E-state index contributed by atoms with van der Waals surface area (Å²) in [6.45, 7) is 6.67. The molecule has 1 fully saturated rings. The Morgan fingerprint density at radius 2 is 1.38 bits per heavy atom. The highest BCUT2D eigenvalue weighted by Gasteiger charge is 2.26. The zero-order valence-electron chi connectivity index (χ0n) is 17.3. The van der Waals surface area contributed by atoms with E-state index in [0.717, 1.165) is 11.1 Å². The zero-order chi connectivity index (χ0) is 20.8. The monoisotopic (exact) mass is 395 g/mol. The Bertz CT molecular complexity index is 823. The van der Waals surface area contributed by atoms with Crippen LogP contribution in [-0.2, 0) is 17.8 Å². The fourth-order valence-corrected chi connectivity index (χ4v) is 3.56. The molecule has 0 radical (unpaired) electrons. The van der Waals surface area contributed by atoms with Crippen molar-refractivity contribution < 1.29 is 14.3 Å². The van der Waals surface area contributed by atoms with E-state index in [1.165, 1.54) is 0 Å². The molecule has 0 aliphatic carbocycles. The predicted octanol–water partition coefficient (Wildman–Crippen LogP) is 2.59. The van der Waals surface area contributed by atoms with Crippen molar-refractivity contribution >= 4 is 11.8 Å². The van der Waals surface area contributed by atoms with Crippen molar-refractivity contribution in [2.24, 2.45) is 0 Å². The largest absolute Gasteiger partial charge is 0.372 e. The molecule has 0 saturated carbocycles. The third-order valence-corrected chi connectivity index (χ3v) is 5.01. The summed E-state index contributed by atoms with van der Waals surface area (Å²) >= 11 is 0.